The molecule has 1 aromatic heterocycles. The van der Waals surface area contributed by atoms with Crippen LogP contribution in [-0.2, 0) is 11.2 Å². The zero-order valence-corrected chi connectivity index (χ0v) is 12.0. The van der Waals surface area contributed by atoms with Crippen molar-refractivity contribution in [3.05, 3.63) is 34.8 Å². The molecule has 0 aliphatic heterocycles. The number of nitrogens with zero attached hydrogens (tertiary/aromatic N) is 2. The van der Waals surface area contributed by atoms with E-state index in [1.165, 1.54) is 7.11 Å². The van der Waals surface area contributed by atoms with E-state index in [2.05, 4.69) is 15.5 Å². The van der Waals surface area contributed by atoms with Crippen LogP contribution in [0.3, 0.4) is 0 Å². The van der Waals surface area contributed by atoms with E-state index < -0.39 is 5.97 Å². The van der Waals surface area contributed by atoms with E-state index in [1.807, 2.05) is 0 Å². The Morgan fingerprint density at radius 1 is 1.38 bits per heavy atom. The van der Waals surface area contributed by atoms with E-state index in [-0.39, 0.29) is 12.3 Å². The molecule has 1 amide bonds. The second kappa shape index (κ2) is 6.80. The minimum absolute atomic E-state index is 0.0154. The Kier molecular flexibility index (Phi) is 4.83. The number of aromatic nitrogens is 2. The average Bonchev–Trinajstić information content (AvgIpc) is 2.92. The van der Waals surface area contributed by atoms with Gasteiger partial charge in [-0.15, -0.1) is 10.2 Å². The lowest BCUT2D eigenvalue weighted by Gasteiger charge is -2.03. The van der Waals surface area contributed by atoms with Gasteiger partial charge in [0.05, 0.1) is 13.5 Å². The van der Waals surface area contributed by atoms with Crippen molar-refractivity contribution < 1.29 is 19.4 Å². The number of carboxylic acid groups (broad SMARTS) is 1. The molecule has 0 radical (unpaired) electrons. The summed E-state index contributed by atoms with van der Waals surface area (Å²) in [6, 6.07) is 6.73. The first-order chi connectivity index (χ1) is 10.1. The largest absolute Gasteiger partial charge is 0.497 e. The van der Waals surface area contributed by atoms with Gasteiger partial charge in [-0.1, -0.05) is 17.4 Å². The Labute approximate surface area is 124 Å². The van der Waals surface area contributed by atoms with Crippen LogP contribution in [0.1, 0.15) is 21.8 Å². The van der Waals surface area contributed by atoms with Crippen molar-refractivity contribution >= 4 is 28.3 Å². The van der Waals surface area contributed by atoms with Crippen LogP contribution in [0, 0.1) is 0 Å². The van der Waals surface area contributed by atoms with Crippen molar-refractivity contribution in [1.82, 2.24) is 10.2 Å². The lowest BCUT2D eigenvalue weighted by molar-refractivity contribution is -0.136. The highest BCUT2D eigenvalue weighted by molar-refractivity contribution is 7.15. The number of benzene rings is 1. The molecule has 0 fully saturated rings. The van der Waals surface area contributed by atoms with Crippen molar-refractivity contribution in [2.24, 2.45) is 0 Å². The van der Waals surface area contributed by atoms with Crippen LogP contribution < -0.4 is 10.1 Å². The molecule has 0 spiro atoms. The van der Waals surface area contributed by atoms with Crippen LogP contribution in [0.2, 0.25) is 0 Å². The molecule has 21 heavy (non-hydrogen) atoms. The first-order valence-corrected chi connectivity index (χ1v) is 6.89. The van der Waals surface area contributed by atoms with Gasteiger partial charge in [-0.2, -0.15) is 0 Å². The van der Waals surface area contributed by atoms with Gasteiger partial charge >= 0.3 is 5.97 Å². The van der Waals surface area contributed by atoms with Gasteiger partial charge in [-0.25, -0.2) is 0 Å². The maximum absolute atomic E-state index is 12.0. The summed E-state index contributed by atoms with van der Waals surface area (Å²) in [6.07, 6.45) is 0.278. The van der Waals surface area contributed by atoms with Crippen molar-refractivity contribution in [2.45, 2.75) is 12.8 Å². The highest BCUT2D eigenvalue weighted by atomic mass is 32.1. The monoisotopic (exact) mass is 307 g/mol. The second-order valence-corrected chi connectivity index (χ2v) is 5.14. The summed E-state index contributed by atoms with van der Waals surface area (Å²) < 4.78 is 5.05. The molecule has 7 nitrogen and oxygen atoms in total. The van der Waals surface area contributed by atoms with E-state index >= 15 is 0 Å². The predicted octanol–water partition coefficient (Wildman–Crippen LogP) is 1.82. The quantitative estimate of drug-likeness (QED) is 0.844. The van der Waals surface area contributed by atoms with Crippen LogP contribution in [0.15, 0.2) is 24.3 Å². The van der Waals surface area contributed by atoms with E-state index in [9.17, 15) is 9.59 Å². The summed E-state index contributed by atoms with van der Waals surface area (Å²) >= 11 is 1.16. The number of anilines is 1. The molecule has 0 aliphatic carbocycles. The van der Waals surface area contributed by atoms with Crippen LogP contribution in [0.4, 0.5) is 5.13 Å². The molecule has 1 aromatic carbocycles. The number of ether oxygens (including phenoxy) is 1. The van der Waals surface area contributed by atoms with Gasteiger partial charge in [0.2, 0.25) is 5.13 Å². The maximum atomic E-state index is 12.0. The normalized spacial score (nSPS) is 10.1. The lowest BCUT2D eigenvalue weighted by atomic mass is 10.2. The van der Waals surface area contributed by atoms with Crippen LogP contribution in [0.5, 0.6) is 5.75 Å². The molecule has 2 rings (SSSR count). The van der Waals surface area contributed by atoms with Crippen molar-refractivity contribution in [1.29, 1.82) is 0 Å². The zero-order valence-electron chi connectivity index (χ0n) is 11.2. The number of aryl methyl sites for hydroxylation is 1. The van der Waals surface area contributed by atoms with Gasteiger partial charge in [-0.05, 0) is 18.2 Å². The summed E-state index contributed by atoms with van der Waals surface area (Å²) in [7, 11) is 1.52. The van der Waals surface area contributed by atoms with Gasteiger partial charge < -0.3 is 9.84 Å². The number of aliphatic carboxylic acids is 1. The molecule has 0 bridgehead atoms. The summed E-state index contributed by atoms with van der Waals surface area (Å²) in [5.74, 6) is -0.635. The fourth-order valence-corrected chi connectivity index (χ4v) is 2.29. The third-order valence-corrected chi connectivity index (χ3v) is 3.47. The Morgan fingerprint density at radius 2 is 2.19 bits per heavy atom. The standard InChI is InChI=1S/C13H13N3O4S/c1-20-9-4-2-3-8(7-9)12(19)14-13-16-15-10(21-13)5-6-11(17)18/h2-4,7H,5-6H2,1H3,(H,17,18)(H,14,16,19). The summed E-state index contributed by atoms with van der Waals surface area (Å²) in [5.41, 5.74) is 0.441. The molecule has 2 N–H and O–H groups in total. The predicted molar refractivity (Wildman–Crippen MR) is 76.8 cm³/mol. The van der Waals surface area contributed by atoms with E-state index in [1.54, 1.807) is 24.3 Å². The number of amides is 1. The topological polar surface area (TPSA) is 101 Å². The Bertz CT molecular complexity index is 656. The Morgan fingerprint density at radius 3 is 2.90 bits per heavy atom. The van der Waals surface area contributed by atoms with E-state index in [4.69, 9.17) is 9.84 Å². The van der Waals surface area contributed by atoms with Gasteiger partial charge in [0.15, 0.2) is 0 Å². The number of methoxy groups -OCH3 is 1. The van der Waals surface area contributed by atoms with Crippen molar-refractivity contribution in [3.8, 4) is 5.75 Å². The molecule has 1 heterocycles. The van der Waals surface area contributed by atoms with Crippen molar-refractivity contribution in [2.75, 3.05) is 12.4 Å². The van der Waals surface area contributed by atoms with Gasteiger partial charge in [-0.3, -0.25) is 14.9 Å². The number of carbonyl (C=O) groups excluding carboxylic acids is 1. The number of rotatable bonds is 6. The van der Waals surface area contributed by atoms with E-state index in [0.29, 0.717) is 27.9 Å². The molecular weight excluding hydrogens is 294 g/mol. The first kappa shape index (κ1) is 14.9. The van der Waals surface area contributed by atoms with Crippen LogP contribution in [0.25, 0.3) is 0 Å². The molecule has 0 unspecified atom stereocenters. The SMILES string of the molecule is COc1cccc(C(=O)Nc2nnc(CCC(=O)O)s2)c1. The van der Waals surface area contributed by atoms with Crippen LogP contribution >= 0.6 is 11.3 Å². The fourth-order valence-electron chi connectivity index (χ4n) is 1.55. The molecule has 0 atom stereocenters. The molecule has 0 aliphatic rings. The zero-order chi connectivity index (χ0) is 15.2. The first-order valence-electron chi connectivity index (χ1n) is 6.08. The van der Waals surface area contributed by atoms with Gasteiger partial charge in [0.25, 0.3) is 5.91 Å². The fraction of sp³-hybridized carbons (Fsp3) is 0.231. The number of carboxylic acids is 1. The smallest absolute Gasteiger partial charge is 0.303 e. The molecule has 2 aromatic rings. The third kappa shape index (κ3) is 4.25. The van der Waals surface area contributed by atoms with Crippen molar-refractivity contribution in [3.63, 3.8) is 0 Å². The van der Waals surface area contributed by atoms with Gasteiger partial charge in [0.1, 0.15) is 10.8 Å². The maximum Gasteiger partial charge on any atom is 0.303 e. The highest BCUT2D eigenvalue weighted by Gasteiger charge is 2.11. The summed E-state index contributed by atoms with van der Waals surface area (Å²) in [5, 5.41) is 19.8. The van der Waals surface area contributed by atoms with Gasteiger partial charge in [0, 0.05) is 12.0 Å². The number of hydrogen-bond donors (Lipinski definition) is 2. The van der Waals surface area contributed by atoms with E-state index in [0.717, 1.165) is 11.3 Å². The second-order valence-electron chi connectivity index (χ2n) is 4.08. The molecular formula is C13H13N3O4S. The summed E-state index contributed by atoms with van der Waals surface area (Å²) in [4.78, 5) is 22.5. The highest BCUT2D eigenvalue weighted by Crippen LogP contribution is 2.19. The lowest BCUT2D eigenvalue weighted by Crippen LogP contribution is -2.11. The number of carbonyl (C=O) groups is 2. The third-order valence-electron chi connectivity index (χ3n) is 2.57. The number of hydrogen-bond acceptors (Lipinski definition) is 6. The number of nitrogens with one attached hydrogen (secondary N) is 1. The Hall–Kier alpha value is -2.48. The van der Waals surface area contributed by atoms with Crippen LogP contribution in [-0.4, -0.2) is 34.3 Å². The molecule has 8 heteroatoms. The summed E-state index contributed by atoms with van der Waals surface area (Å²) in [6.45, 7) is 0. The molecule has 110 valence electrons. The Balaban J connectivity index is 2.00. The minimum atomic E-state index is -0.896. The average molecular weight is 307 g/mol. The molecule has 0 saturated carbocycles. The molecule has 0 saturated heterocycles. The minimum Gasteiger partial charge on any atom is -0.497 e.